The molecule has 0 aliphatic heterocycles. The number of halogens is 1. The lowest BCUT2D eigenvalue weighted by Crippen LogP contribution is -1.89. The number of hydrogen-bond acceptors (Lipinski definition) is 6. The molecule has 0 bridgehead atoms. The summed E-state index contributed by atoms with van der Waals surface area (Å²) < 4.78 is 18.8. The van der Waals surface area contributed by atoms with Crippen LogP contribution in [0.5, 0.6) is 0 Å². The van der Waals surface area contributed by atoms with Crippen molar-refractivity contribution in [1.29, 1.82) is 0 Å². The molecule has 0 unspecified atom stereocenters. The summed E-state index contributed by atoms with van der Waals surface area (Å²) in [5.74, 6) is 1.09. The van der Waals surface area contributed by atoms with Crippen molar-refractivity contribution < 1.29 is 8.91 Å². The Morgan fingerprint density at radius 3 is 3.00 bits per heavy atom. The van der Waals surface area contributed by atoms with Crippen molar-refractivity contribution in [2.75, 3.05) is 5.73 Å². The third-order valence-electron chi connectivity index (χ3n) is 2.55. The molecule has 3 rings (SSSR count). The Kier molecular flexibility index (Phi) is 3.70. The van der Waals surface area contributed by atoms with E-state index in [1.54, 1.807) is 23.5 Å². The monoisotopic (exact) mass is 307 g/mol. The molecular formula is C13H10FN3OS2. The standard InChI is InChI=1S/C13H10FN3OS2/c14-10-5-9(15)1-2-11(10)20-7-12-16-13(17-18-12)8-3-4-19-6-8/h1-6H,7,15H2. The highest BCUT2D eigenvalue weighted by Crippen LogP contribution is 2.27. The lowest BCUT2D eigenvalue weighted by atomic mass is 10.3. The third-order valence-corrected chi connectivity index (χ3v) is 4.27. The minimum Gasteiger partial charge on any atom is -0.399 e. The van der Waals surface area contributed by atoms with Crippen molar-refractivity contribution >= 4 is 28.8 Å². The lowest BCUT2D eigenvalue weighted by molar-refractivity contribution is 0.391. The number of nitrogen functional groups attached to an aromatic ring is 1. The van der Waals surface area contributed by atoms with Gasteiger partial charge in [0.1, 0.15) is 5.82 Å². The maximum absolute atomic E-state index is 13.6. The van der Waals surface area contributed by atoms with Gasteiger partial charge < -0.3 is 10.3 Å². The summed E-state index contributed by atoms with van der Waals surface area (Å²) in [5.41, 5.74) is 6.83. The van der Waals surface area contributed by atoms with E-state index < -0.39 is 0 Å². The normalized spacial score (nSPS) is 10.8. The molecule has 2 heterocycles. The fourth-order valence-corrected chi connectivity index (χ4v) is 2.99. The molecule has 0 fully saturated rings. The zero-order valence-electron chi connectivity index (χ0n) is 10.2. The molecule has 0 atom stereocenters. The minimum absolute atomic E-state index is 0.340. The van der Waals surface area contributed by atoms with Gasteiger partial charge in [-0.25, -0.2) is 4.39 Å². The van der Waals surface area contributed by atoms with E-state index in [4.69, 9.17) is 10.3 Å². The van der Waals surface area contributed by atoms with Crippen LogP contribution in [0.25, 0.3) is 11.4 Å². The topological polar surface area (TPSA) is 64.9 Å². The summed E-state index contributed by atoms with van der Waals surface area (Å²) in [6, 6.07) is 6.53. The fourth-order valence-electron chi connectivity index (χ4n) is 1.60. The van der Waals surface area contributed by atoms with Crippen LogP contribution in [0.1, 0.15) is 5.89 Å². The molecule has 0 saturated carbocycles. The average molecular weight is 307 g/mol. The van der Waals surface area contributed by atoms with Gasteiger partial charge in [-0.1, -0.05) is 5.16 Å². The molecule has 1 aromatic carbocycles. The van der Waals surface area contributed by atoms with Crippen molar-refractivity contribution in [3.63, 3.8) is 0 Å². The van der Waals surface area contributed by atoms with Crippen LogP contribution in [-0.2, 0) is 5.75 Å². The molecule has 2 N–H and O–H groups in total. The molecule has 20 heavy (non-hydrogen) atoms. The van der Waals surface area contributed by atoms with Crippen LogP contribution in [0.15, 0.2) is 44.4 Å². The molecule has 4 nitrogen and oxygen atoms in total. The van der Waals surface area contributed by atoms with Gasteiger partial charge in [-0.2, -0.15) is 16.3 Å². The van der Waals surface area contributed by atoms with Crippen molar-refractivity contribution in [2.24, 2.45) is 0 Å². The Morgan fingerprint density at radius 2 is 2.25 bits per heavy atom. The number of rotatable bonds is 4. The van der Waals surface area contributed by atoms with Gasteiger partial charge in [0, 0.05) is 21.5 Å². The third kappa shape index (κ3) is 2.83. The summed E-state index contributed by atoms with van der Waals surface area (Å²) in [5, 5.41) is 7.80. The van der Waals surface area contributed by atoms with Crippen molar-refractivity contribution in [3.8, 4) is 11.4 Å². The number of nitrogens with zero attached hydrogens (tertiary/aromatic N) is 2. The Balaban J connectivity index is 1.70. The highest BCUT2D eigenvalue weighted by molar-refractivity contribution is 7.98. The van der Waals surface area contributed by atoms with E-state index in [2.05, 4.69) is 10.1 Å². The second-order valence-electron chi connectivity index (χ2n) is 4.00. The molecule has 102 valence electrons. The quantitative estimate of drug-likeness (QED) is 0.586. The average Bonchev–Trinajstić information content (AvgIpc) is 3.08. The first-order chi connectivity index (χ1) is 9.72. The lowest BCUT2D eigenvalue weighted by Gasteiger charge is -2.01. The van der Waals surface area contributed by atoms with Crippen molar-refractivity contribution in [3.05, 3.63) is 46.7 Å². The summed E-state index contributed by atoms with van der Waals surface area (Å²) in [4.78, 5) is 4.78. The highest BCUT2D eigenvalue weighted by atomic mass is 32.2. The largest absolute Gasteiger partial charge is 0.399 e. The number of hydrogen-bond donors (Lipinski definition) is 1. The molecule has 3 aromatic rings. The van der Waals surface area contributed by atoms with Crippen molar-refractivity contribution in [1.82, 2.24) is 10.1 Å². The maximum atomic E-state index is 13.6. The molecule has 0 spiro atoms. The van der Waals surface area contributed by atoms with Crippen LogP contribution < -0.4 is 5.73 Å². The molecular weight excluding hydrogens is 297 g/mol. The maximum Gasteiger partial charge on any atom is 0.237 e. The number of benzene rings is 1. The Morgan fingerprint density at radius 1 is 1.35 bits per heavy atom. The van der Waals surface area contributed by atoms with E-state index >= 15 is 0 Å². The number of thioether (sulfide) groups is 1. The molecule has 2 aromatic heterocycles. The molecule has 7 heteroatoms. The first-order valence-corrected chi connectivity index (χ1v) is 7.68. The Hall–Kier alpha value is -1.86. The summed E-state index contributed by atoms with van der Waals surface area (Å²) in [6.45, 7) is 0. The van der Waals surface area contributed by atoms with Crippen LogP contribution >= 0.6 is 23.1 Å². The summed E-state index contributed by atoms with van der Waals surface area (Å²) in [6.07, 6.45) is 0. The predicted octanol–water partition coefficient (Wildman–Crippen LogP) is 3.81. The SMILES string of the molecule is Nc1ccc(SCc2nc(-c3ccsc3)no2)c(F)c1. The van der Waals surface area contributed by atoms with Gasteiger partial charge in [0.2, 0.25) is 11.7 Å². The van der Waals surface area contributed by atoms with Gasteiger partial charge >= 0.3 is 0 Å². The van der Waals surface area contributed by atoms with E-state index in [1.807, 2.05) is 16.8 Å². The van der Waals surface area contributed by atoms with Gasteiger partial charge in [0.05, 0.1) is 5.75 Å². The second kappa shape index (κ2) is 5.64. The van der Waals surface area contributed by atoms with Gasteiger partial charge in [-0.05, 0) is 29.6 Å². The van der Waals surface area contributed by atoms with E-state index in [-0.39, 0.29) is 5.82 Å². The van der Waals surface area contributed by atoms with Gasteiger partial charge in [-0.15, -0.1) is 11.8 Å². The van der Waals surface area contributed by atoms with Gasteiger partial charge in [-0.3, -0.25) is 0 Å². The molecule has 0 aliphatic rings. The molecule has 0 saturated heterocycles. The Bertz CT molecular complexity index is 712. The number of aromatic nitrogens is 2. The smallest absolute Gasteiger partial charge is 0.237 e. The first kappa shape index (κ1) is 13.1. The summed E-state index contributed by atoms with van der Waals surface area (Å²) in [7, 11) is 0. The second-order valence-corrected chi connectivity index (χ2v) is 5.80. The van der Waals surface area contributed by atoms with E-state index in [0.29, 0.717) is 28.1 Å². The van der Waals surface area contributed by atoms with Gasteiger partial charge in [0.15, 0.2) is 0 Å². The highest BCUT2D eigenvalue weighted by Gasteiger charge is 2.10. The van der Waals surface area contributed by atoms with Crippen LogP contribution in [0, 0.1) is 5.82 Å². The van der Waals surface area contributed by atoms with Crippen LogP contribution in [-0.4, -0.2) is 10.1 Å². The van der Waals surface area contributed by atoms with E-state index in [1.165, 1.54) is 17.8 Å². The van der Waals surface area contributed by atoms with Crippen LogP contribution in [0.4, 0.5) is 10.1 Å². The Labute approximate surface area is 122 Å². The fraction of sp³-hybridized carbons (Fsp3) is 0.0769. The number of nitrogens with two attached hydrogens (primary N) is 1. The number of anilines is 1. The number of thiophene rings is 1. The van der Waals surface area contributed by atoms with Crippen LogP contribution in [0.3, 0.4) is 0 Å². The van der Waals surface area contributed by atoms with Gasteiger partial charge in [0.25, 0.3) is 0 Å². The molecule has 0 aliphatic carbocycles. The van der Waals surface area contributed by atoms with Crippen LogP contribution in [0.2, 0.25) is 0 Å². The predicted molar refractivity (Wildman–Crippen MR) is 78.0 cm³/mol. The first-order valence-electron chi connectivity index (χ1n) is 5.75. The summed E-state index contributed by atoms with van der Waals surface area (Å²) >= 11 is 2.86. The van der Waals surface area contributed by atoms with E-state index in [0.717, 1.165) is 5.56 Å². The zero-order chi connectivity index (χ0) is 13.9. The molecule has 0 amide bonds. The molecule has 0 radical (unpaired) electrons. The zero-order valence-corrected chi connectivity index (χ0v) is 11.9. The van der Waals surface area contributed by atoms with Crippen molar-refractivity contribution in [2.45, 2.75) is 10.6 Å². The van der Waals surface area contributed by atoms with E-state index in [9.17, 15) is 4.39 Å². The minimum atomic E-state index is -0.340.